The average molecular weight is 396 g/mol. The number of nitrogens with one attached hydrogen (secondary N) is 2. The number of benzene rings is 1. The van der Waals surface area contributed by atoms with Crippen molar-refractivity contribution in [3.8, 4) is 11.5 Å². The number of furan rings is 1. The lowest BCUT2D eigenvalue weighted by Gasteiger charge is -2.13. The van der Waals surface area contributed by atoms with Crippen LogP contribution in [0.1, 0.15) is 42.6 Å². The second kappa shape index (κ2) is 7.61. The Hall–Kier alpha value is -2.52. The number of carbonyl (C=O) groups excluding carboxylic acids is 1. The molecule has 2 aromatic rings. The fraction of sp³-hybridized carbons (Fsp3) is 0.389. The zero-order valence-corrected chi connectivity index (χ0v) is 17.0. The molecule has 8 nitrogen and oxygen atoms in total. The Kier molecular flexibility index (Phi) is 5.86. The second-order valence-electron chi connectivity index (χ2n) is 6.91. The van der Waals surface area contributed by atoms with Crippen molar-refractivity contribution in [2.45, 2.75) is 38.0 Å². The highest BCUT2D eigenvalue weighted by atomic mass is 32.2. The van der Waals surface area contributed by atoms with Gasteiger partial charge in [0.15, 0.2) is 0 Å². The molecular weight excluding hydrogens is 372 g/mol. The predicted molar refractivity (Wildman–Crippen MR) is 99.5 cm³/mol. The summed E-state index contributed by atoms with van der Waals surface area (Å²) in [6.07, 6.45) is 0. The Morgan fingerprint density at radius 2 is 1.78 bits per heavy atom. The van der Waals surface area contributed by atoms with Crippen molar-refractivity contribution in [2.24, 2.45) is 0 Å². The van der Waals surface area contributed by atoms with E-state index in [9.17, 15) is 13.2 Å². The number of rotatable bonds is 6. The van der Waals surface area contributed by atoms with Gasteiger partial charge in [-0.2, -0.15) is 0 Å². The smallest absolute Gasteiger partial charge is 0.269 e. The highest BCUT2D eigenvalue weighted by Gasteiger charge is 2.25. The number of hydrazine groups is 1. The number of aryl methyl sites for hydroxylation is 1. The highest BCUT2D eigenvalue weighted by Crippen LogP contribution is 2.28. The summed E-state index contributed by atoms with van der Waals surface area (Å²) in [5.41, 5.74) is 2.17. The van der Waals surface area contributed by atoms with Gasteiger partial charge in [0, 0.05) is 11.5 Å². The summed E-state index contributed by atoms with van der Waals surface area (Å²) in [6, 6.07) is 5.93. The SMILES string of the molecule is COc1ccc(OC)c(S(=O)(=O)NNC(=O)c2cc(C(C)(C)C)oc2C)c1. The molecule has 0 aliphatic heterocycles. The maximum Gasteiger partial charge on any atom is 0.269 e. The Bertz CT molecular complexity index is 941. The fourth-order valence-electron chi connectivity index (χ4n) is 2.31. The first-order valence-corrected chi connectivity index (χ1v) is 9.63. The third-order valence-electron chi connectivity index (χ3n) is 3.86. The maximum atomic E-state index is 12.6. The van der Waals surface area contributed by atoms with Gasteiger partial charge in [-0.15, -0.1) is 4.83 Å². The van der Waals surface area contributed by atoms with Crippen LogP contribution < -0.4 is 19.7 Å². The van der Waals surface area contributed by atoms with Gasteiger partial charge < -0.3 is 13.9 Å². The first kappa shape index (κ1) is 20.8. The minimum atomic E-state index is -4.09. The van der Waals surface area contributed by atoms with Gasteiger partial charge in [-0.05, 0) is 25.1 Å². The van der Waals surface area contributed by atoms with Crippen molar-refractivity contribution in [3.05, 3.63) is 41.3 Å². The van der Waals surface area contributed by atoms with Crippen molar-refractivity contribution in [1.82, 2.24) is 10.3 Å². The lowest BCUT2D eigenvalue weighted by atomic mass is 9.93. The molecule has 0 aliphatic rings. The molecule has 0 saturated carbocycles. The molecule has 0 spiro atoms. The van der Waals surface area contributed by atoms with Crippen molar-refractivity contribution in [2.75, 3.05) is 14.2 Å². The highest BCUT2D eigenvalue weighted by molar-refractivity contribution is 7.89. The van der Waals surface area contributed by atoms with Gasteiger partial charge >= 0.3 is 0 Å². The molecule has 1 amide bonds. The Morgan fingerprint density at radius 3 is 2.30 bits per heavy atom. The van der Waals surface area contributed by atoms with E-state index >= 15 is 0 Å². The van der Waals surface area contributed by atoms with Crippen LogP contribution in [0.15, 0.2) is 33.6 Å². The molecule has 0 atom stereocenters. The van der Waals surface area contributed by atoms with Crippen molar-refractivity contribution < 1.29 is 27.1 Å². The van der Waals surface area contributed by atoms with E-state index < -0.39 is 15.9 Å². The van der Waals surface area contributed by atoms with Gasteiger partial charge in [0.05, 0.1) is 19.8 Å². The average Bonchev–Trinajstić information content (AvgIpc) is 3.01. The van der Waals surface area contributed by atoms with Gasteiger partial charge in [-0.3, -0.25) is 10.2 Å². The summed E-state index contributed by atoms with van der Waals surface area (Å²) < 4.78 is 40.9. The van der Waals surface area contributed by atoms with Gasteiger partial charge in [-0.25, -0.2) is 8.42 Å². The minimum Gasteiger partial charge on any atom is -0.497 e. The molecule has 2 rings (SSSR count). The van der Waals surface area contributed by atoms with Crippen LogP contribution in [0.5, 0.6) is 11.5 Å². The van der Waals surface area contributed by atoms with E-state index in [0.29, 0.717) is 17.3 Å². The van der Waals surface area contributed by atoms with E-state index in [1.54, 1.807) is 19.1 Å². The molecular formula is C18H24N2O6S. The van der Waals surface area contributed by atoms with Gasteiger partial charge in [0.2, 0.25) is 0 Å². The second-order valence-corrected chi connectivity index (χ2v) is 8.56. The molecule has 148 valence electrons. The van der Waals surface area contributed by atoms with Gasteiger partial charge in [0.25, 0.3) is 15.9 Å². The molecule has 0 unspecified atom stereocenters. The molecule has 9 heteroatoms. The quantitative estimate of drug-likeness (QED) is 0.727. The number of sulfonamides is 1. The number of amides is 1. The van der Waals surface area contributed by atoms with Crippen LogP contribution in [0, 0.1) is 6.92 Å². The standard InChI is InChI=1S/C18H24N2O6S/c1-11-13(10-16(26-11)18(2,3)4)17(21)19-20-27(22,23)15-9-12(24-5)7-8-14(15)25-6/h7-10,20H,1-6H3,(H,19,21). The molecule has 0 aliphatic carbocycles. The first-order chi connectivity index (χ1) is 12.5. The summed E-state index contributed by atoms with van der Waals surface area (Å²) in [5, 5.41) is 0. The first-order valence-electron chi connectivity index (χ1n) is 8.14. The van der Waals surface area contributed by atoms with E-state index in [2.05, 4.69) is 10.3 Å². The van der Waals surface area contributed by atoms with Gasteiger partial charge in [-0.1, -0.05) is 20.8 Å². The number of methoxy groups -OCH3 is 2. The molecule has 1 aromatic carbocycles. The van der Waals surface area contributed by atoms with Crippen LogP contribution >= 0.6 is 0 Å². The van der Waals surface area contributed by atoms with Gasteiger partial charge in [0.1, 0.15) is 27.9 Å². The van der Waals surface area contributed by atoms with E-state index in [4.69, 9.17) is 13.9 Å². The number of hydrogen-bond acceptors (Lipinski definition) is 6. The van der Waals surface area contributed by atoms with Crippen LogP contribution in [-0.2, 0) is 15.4 Å². The maximum absolute atomic E-state index is 12.6. The summed E-state index contributed by atoms with van der Waals surface area (Å²) in [5.74, 6) is 0.852. The molecule has 0 saturated heterocycles. The third kappa shape index (κ3) is 4.61. The van der Waals surface area contributed by atoms with Crippen LogP contribution in [0.2, 0.25) is 0 Å². The summed E-state index contributed by atoms with van der Waals surface area (Å²) in [6.45, 7) is 7.49. The molecule has 0 radical (unpaired) electrons. The Balaban J connectivity index is 2.23. The fourth-order valence-corrected chi connectivity index (χ4v) is 3.33. The van der Waals surface area contributed by atoms with E-state index in [1.165, 1.54) is 26.4 Å². The monoisotopic (exact) mass is 396 g/mol. The van der Waals surface area contributed by atoms with Crippen molar-refractivity contribution in [1.29, 1.82) is 0 Å². The summed E-state index contributed by atoms with van der Waals surface area (Å²) in [7, 11) is -1.32. The lowest BCUT2D eigenvalue weighted by molar-refractivity contribution is 0.0943. The molecule has 0 fully saturated rings. The van der Waals surface area contributed by atoms with Crippen molar-refractivity contribution in [3.63, 3.8) is 0 Å². The lowest BCUT2D eigenvalue weighted by Crippen LogP contribution is -2.41. The zero-order valence-electron chi connectivity index (χ0n) is 16.2. The normalized spacial score (nSPS) is 11.9. The number of hydrogen-bond donors (Lipinski definition) is 2. The molecule has 2 N–H and O–H groups in total. The number of ether oxygens (including phenoxy) is 2. The van der Waals surface area contributed by atoms with Crippen LogP contribution in [0.25, 0.3) is 0 Å². The third-order valence-corrected chi connectivity index (χ3v) is 5.13. The predicted octanol–water partition coefficient (Wildman–Crippen LogP) is 2.53. The van der Waals surface area contributed by atoms with Crippen molar-refractivity contribution >= 4 is 15.9 Å². The van der Waals surface area contributed by atoms with Crippen LogP contribution in [-0.4, -0.2) is 28.5 Å². The zero-order chi connectivity index (χ0) is 20.4. The van der Waals surface area contributed by atoms with Crippen LogP contribution in [0.3, 0.4) is 0 Å². The topological polar surface area (TPSA) is 107 Å². The molecule has 0 bridgehead atoms. The number of carbonyl (C=O) groups is 1. The molecule has 27 heavy (non-hydrogen) atoms. The minimum absolute atomic E-state index is 0.118. The summed E-state index contributed by atoms with van der Waals surface area (Å²) >= 11 is 0. The van der Waals surface area contributed by atoms with E-state index in [1.807, 2.05) is 20.8 Å². The van der Waals surface area contributed by atoms with Crippen LogP contribution in [0.4, 0.5) is 0 Å². The molecule has 1 aromatic heterocycles. The van der Waals surface area contributed by atoms with E-state index in [0.717, 1.165) is 0 Å². The summed E-state index contributed by atoms with van der Waals surface area (Å²) in [4.78, 5) is 14.3. The largest absolute Gasteiger partial charge is 0.497 e. The van der Waals surface area contributed by atoms with E-state index in [-0.39, 0.29) is 21.6 Å². The molecule has 1 heterocycles. The Morgan fingerprint density at radius 1 is 1.11 bits per heavy atom. The Labute approximate surface area is 158 Å².